The quantitative estimate of drug-likeness (QED) is 0.736. The van der Waals surface area contributed by atoms with Gasteiger partial charge < -0.3 is 9.64 Å². The molecule has 5 heteroatoms. The van der Waals surface area contributed by atoms with Gasteiger partial charge in [0.2, 0.25) is 0 Å². The molecule has 2 heterocycles. The molecule has 140 valence electrons. The highest BCUT2D eigenvalue weighted by Gasteiger charge is 2.41. The van der Waals surface area contributed by atoms with Crippen LogP contribution >= 0.6 is 0 Å². The minimum absolute atomic E-state index is 0.0769. The highest BCUT2D eigenvalue weighted by Crippen LogP contribution is 2.33. The number of ether oxygens (including phenoxy) is 1. The van der Waals surface area contributed by atoms with Gasteiger partial charge in [-0.1, -0.05) is 18.2 Å². The number of imide groups is 1. The molecular formula is C21H28N2O3. The van der Waals surface area contributed by atoms with E-state index < -0.39 is 0 Å². The molecule has 0 radical (unpaired) electrons. The van der Waals surface area contributed by atoms with Gasteiger partial charge in [0, 0.05) is 13.1 Å². The number of rotatable bonds is 6. The molecule has 0 spiro atoms. The largest absolute Gasteiger partial charge is 0.377 e. The Morgan fingerprint density at radius 3 is 2.35 bits per heavy atom. The summed E-state index contributed by atoms with van der Waals surface area (Å²) in [4.78, 5) is 29.6. The molecule has 0 saturated carbocycles. The molecule has 0 bridgehead atoms. The predicted molar refractivity (Wildman–Crippen MR) is 101 cm³/mol. The monoisotopic (exact) mass is 356 g/mol. The highest BCUT2D eigenvalue weighted by atomic mass is 16.5. The van der Waals surface area contributed by atoms with Crippen LogP contribution in [0, 0.1) is 13.8 Å². The molecule has 5 nitrogen and oxygen atoms in total. The highest BCUT2D eigenvalue weighted by molar-refractivity contribution is 6.35. The van der Waals surface area contributed by atoms with Crippen LogP contribution in [0.25, 0.3) is 5.57 Å². The van der Waals surface area contributed by atoms with Crippen molar-refractivity contribution in [3.63, 3.8) is 0 Å². The van der Waals surface area contributed by atoms with Crippen molar-refractivity contribution in [3.8, 4) is 0 Å². The number of hydrogen-bond donors (Lipinski definition) is 0. The lowest BCUT2D eigenvalue weighted by atomic mass is 9.99. The molecule has 2 aliphatic heterocycles. The zero-order chi connectivity index (χ0) is 18.8. The lowest BCUT2D eigenvalue weighted by Gasteiger charge is -2.20. The van der Waals surface area contributed by atoms with Gasteiger partial charge >= 0.3 is 0 Å². The van der Waals surface area contributed by atoms with E-state index in [1.54, 1.807) is 0 Å². The number of hydrogen-bond acceptors (Lipinski definition) is 4. The molecule has 0 unspecified atom stereocenters. The van der Waals surface area contributed by atoms with E-state index in [0.717, 1.165) is 37.1 Å². The van der Waals surface area contributed by atoms with Crippen LogP contribution in [0.4, 0.5) is 0 Å². The predicted octanol–water partition coefficient (Wildman–Crippen LogP) is 2.90. The first-order chi connectivity index (χ1) is 12.4. The van der Waals surface area contributed by atoms with E-state index in [0.29, 0.717) is 24.4 Å². The van der Waals surface area contributed by atoms with E-state index in [-0.39, 0.29) is 17.9 Å². The van der Waals surface area contributed by atoms with Crippen molar-refractivity contribution in [3.05, 3.63) is 40.6 Å². The molecule has 1 aromatic rings. The zero-order valence-corrected chi connectivity index (χ0v) is 16.2. The average molecular weight is 356 g/mol. The summed E-state index contributed by atoms with van der Waals surface area (Å²) in [6.07, 6.45) is 2.19. The Morgan fingerprint density at radius 1 is 1.04 bits per heavy atom. The SMILES string of the molecule is Cc1ccc(C2=C(N3CCCC3)C(=O)N(CCOC(C)C)C2=O)cc1C. The van der Waals surface area contributed by atoms with Gasteiger partial charge in [-0.05, 0) is 57.2 Å². The third-order valence-electron chi connectivity index (χ3n) is 5.13. The number of carbonyl (C=O) groups is 2. The van der Waals surface area contributed by atoms with Gasteiger partial charge in [0.15, 0.2) is 0 Å². The van der Waals surface area contributed by atoms with Crippen LogP contribution in [0.5, 0.6) is 0 Å². The van der Waals surface area contributed by atoms with Crippen LogP contribution in [-0.2, 0) is 14.3 Å². The summed E-state index contributed by atoms with van der Waals surface area (Å²) in [5.74, 6) is -0.384. The van der Waals surface area contributed by atoms with Crippen molar-refractivity contribution >= 4 is 17.4 Å². The molecule has 0 N–H and O–H groups in total. The second kappa shape index (κ2) is 7.62. The van der Waals surface area contributed by atoms with Gasteiger partial charge in [-0.2, -0.15) is 0 Å². The van der Waals surface area contributed by atoms with Crippen molar-refractivity contribution in [1.29, 1.82) is 0 Å². The van der Waals surface area contributed by atoms with Crippen LogP contribution in [0.2, 0.25) is 0 Å². The molecule has 26 heavy (non-hydrogen) atoms. The van der Waals surface area contributed by atoms with Crippen LogP contribution in [0.3, 0.4) is 0 Å². The normalized spacial score (nSPS) is 18.0. The Morgan fingerprint density at radius 2 is 1.73 bits per heavy atom. The summed E-state index contributed by atoms with van der Waals surface area (Å²) < 4.78 is 5.56. The van der Waals surface area contributed by atoms with Crippen LogP contribution in [0.15, 0.2) is 23.9 Å². The molecule has 1 aromatic carbocycles. The zero-order valence-electron chi connectivity index (χ0n) is 16.2. The summed E-state index contributed by atoms with van der Waals surface area (Å²) in [5.41, 5.74) is 4.25. The van der Waals surface area contributed by atoms with Crippen molar-refractivity contribution in [2.45, 2.75) is 46.6 Å². The first-order valence-corrected chi connectivity index (χ1v) is 9.44. The third-order valence-corrected chi connectivity index (χ3v) is 5.13. The first-order valence-electron chi connectivity index (χ1n) is 9.44. The van der Waals surface area contributed by atoms with Gasteiger partial charge in [0.25, 0.3) is 11.8 Å². The van der Waals surface area contributed by atoms with E-state index in [1.807, 2.05) is 45.9 Å². The topological polar surface area (TPSA) is 49.9 Å². The smallest absolute Gasteiger partial charge is 0.277 e. The fourth-order valence-electron chi connectivity index (χ4n) is 3.54. The fraction of sp³-hybridized carbons (Fsp3) is 0.524. The van der Waals surface area contributed by atoms with Crippen LogP contribution < -0.4 is 0 Å². The first kappa shape index (κ1) is 18.6. The minimum atomic E-state index is -0.201. The van der Waals surface area contributed by atoms with Gasteiger partial charge in [-0.15, -0.1) is 0 Å². The van der Waals surface area contributed by atoms with E-state index in [9.17, 15) is 9.59 Å². The summed E-state index contributed by atoms with van der Waals surface area (Å²) in [6, 6.07) is 5.98. The minimum Gasteiger partial charge on any atom is -0.377 e. The van der Waals surface area contributed by atoms with Crippen molar-refractivity contribution in [2.24, 2.45) is 0 Å². The number of carbonyl (C=O) groups excluding carboxylic acids is 2. The number of nitrogens with zero attached hydrogens (tertiary/aromatic N) is 2. The Hall–Kier alpha value is -2.14. The van der Waals surface area contributed by atoms with Gasteiger partial charge in [-0.25, -0.2) is 0 Å². The van der Waals surface area contributed by atoms with Gasteiger partial charge in [0.05, 0.1) is 24.8 Å². The van der Waals surface area contributed by atoms with E-state index in [1.165, 1.54) is 10.5 Å². The summed E-state index contributed by atoms with van der Waals surface area (Å²) in [6.45, 7) is 10.3. The Bertz CT molecular complexity index is 746. The Balaban J connectivity index is 1.96. The number of aryl methyl sites for hydroxylation is 2. The van der Waals surface area contributed by atoms with Crippen LogP contribution in [-0.4, -0.2) is 54.0 Å². The van der Waals surface area contributed by atoms with Crippen LogP contribution in [0.1, 0.15) is 43.4 Å². The second-order valence-electron chi connectivity index (χ2n) is 7.40. The molecule has 2 amide bonds. The summed E-state index contributed by atoms with van der Waals surface area (Å²) in [5, 5.41) is 0. The van der Waals surface area contributed by atoms with E-state index in [2.05, 4.69) is 4.90 Å². The lowest BCUT2D eigenvalue weighted by molar-refractivity contribution is -0.138. The summed E-state index contributed by atoms with van der Waals surface area (Å²) in [7, 11) is 0. The maximum Gasteiger partial charge on any atom is 0.277 e. The second-order valence-corrected chi connectivity index (χ2v) is 7.40. The number of likely N-dealkylation sites (tertiary alicyclic amines) is 1. The standard InChI is InChI=1S/C21H28N2O3/c1-14(2)26-12-11-23-20(24)18(17-8-7-15(3)16(4)13-17)19(21(23)25)22-9-5-6-10-22/h7-8,13-14H,5-6,9-12H2,1-4H3. The maximum absolute atomic E-state index is 13.1. The molecule has 0 aliphatic carbocycles. The molecule has 1 fully saturated rings. The van der Waals surface area contributed by atoms with E-state index >= 15 is 0 Å². The van der Waals surface area contributed by atoms with Gasteiger partial charge in [-0.3, -0.25) is 14.5 Å². The molecule has 1 saturated heterocycles. The molecule has 0 atom stereocenters. The van der Waals surface area contributed by atoms with Crippen molar-refractivity contribution in [2.75, 3.05) is 26.2 Å². The molecule has 0 aromatic heterocycles. The number of amides is 2. The number of benzene rings is 1. The Labute approximate surface area is 155 Å². The van der Waals surface area contributed by atoms with E-state index in [4.69, 9.17) is 4.74 Å². The molecular weight excluding hydrogens is 328 g/mol. The average Bonchev–Trinajstić information content (AvgIpc) is 3.19. The molecule has 2 aliphatic rings. The Kier molecular flexibility index (Phi) is 5.47. The van der Waals surface area contributed by atoms with Crippen molar-refractivity contribution < 1.29 is 14.3 Å². The van der Waals surface area contributed by atoms with Gasteiger partial charge in [0.1, 0.15) is 5.70 Å². The third kappa shape index (κ3) is 3.54. The maximum atomic E-state index is 13.1. The lowest BCUT2D eigenvalue weighted by Crippen LogP contribution is -2.37. The van der Waals surface area contributed by atoms with Crippen molar-refractivity contribution in [1.82, 2.24) is 9.80 Å². The fourth-order valence-corrected chi connectivity index (χ4v) is 3.54. The summed E-state index contributed by atoms with van der Waals surface area (Å²) >= 11 is 0. The molecule has 3 rings (SSSR count).